The molecule has 8 nitrogen and oxygen atoms in total. The van der Waals surface area contributed by atoms with Crippen LogP contribution in [0.25, 0.3) is 21.9 Å². The molecule has 4 aromatic rings. The molecule has 0 radical (unpaired) electrons. The van der Waals surface area contributed by atoms with Crippen molar-refractivity contribution >= 4 is 45.1 Å². The standard InChI is InChI=1S/C29H29N3O5/c1-35-26-15-20-19-9-3-5-11-23(19)36-25(20)16-21(26)30-28(33)18-32-17-27(29(34)31-13-7-2-8-14-31)37-24-12-6-4-10-22(24)32/h3-6,9-12,15-16,27H,2,7-8,13-14,17-18H2,1H3,(H,30,33). The number of likely N-dealkylation sites (tertiary alicyclic amines) is 1. The molecule has 0 saturated carbocycles. The van der Waals surface area contributed by atoms with Gasteiger partial charge in [0.2, 0.25) is 5.91 Å². The molecule has 2 aliphatic heterocycles. The summed E-state index contributed by atoms with van der Waals surface area (Å²) < 4.78 is 17.7. The number of hydrogen-bond acceptors (Lipinski definition) is 6. The highest BCUT2D eigenvalue weighted by atomic mass is 16.5. The molecular weight excluding hydrogens is 470 g/mol. The number of methoxy groups -OCH3 is 1. The summed E-state index contributed by atoms with van der Waals surface area (Å²) in [6, 6.07) is 19.0. The van der Waals surface area contributed by atoms with Gasteiger partial charge in [0.15, 0.2) is 6.10 Å². The number of benzene rings is 3. The molecule has 1 atom stereocenters. The zero-order valence-corrected chi connectivity index (χ0v) is 20.7. The van der Waals surface area contributed by atoms with Crippen LogP contribution in [0.5, 0.6) is 11.5 Å². The molecule has 0 bridgehead atoms. The minimum atomic E-state index is -0.651. The van der Waals surface area contributed by atoms with Crippen LogP contribution in [0.4, 0.5) is 11.4 Å². The van der Waals surface area contributed by atoms with Crippen LogP contribution >= 0.6 is 0 Å². The monoisotopic (exact) mass is 499 g/mol. The van der Waals surface area contributed by atoms with Gasteiger partial charge in [-0.25, -0.2) is 0 Å². The normalized spacial score (nSPS) is 17.4. The Kier molecular flexibility index (Phi) is 6.08. The Bertz CT molecular complexity index is 1470. The van der Waals surface area contributed by atoms with Crippen molar-refractivity contribution < 1.29 is 23.5 Å². The predicted octanol–water partition coefficient (Wildman–Crippen LogP) is 4.81. The Morgan fingerprint density at radius 3 is 2.59 bits per heavy atom. The highest BCUT2D eigenvalue weighted by molar-refractivity contribution is 6.08. The van der Waals surface area contributed by atoms with E-state index in [-0.39, 0.29) is 18.4 Å². The number of ether oxygens (including phenoxy) is 2. The van der Waals surface area contributed by atoms with Crippen LogP contribution in [-0.2, 0) is 9.59 Å². The maximum Gasteiger partial charge on any atom is 0.265 e. The van der Waals surface area contributed by atoms with Gasteiger partial charge < -0.3 is 29.0 Å². The Balaban J connectivity index is 1.23. The van der Waals surface area contributed by atoms with Gasteiger partial charge in [-0.15, -0.1) is 0 Å². The molecule has 190 valence electrons. The maximum absolute atomic E-state index is 13.3. The third kappa shape index (κ3) is 4.43. The summed E-state index contributed by atoms with van der Waals surface area (Å²) in [4.78, 5) is 30.3. The summed E-state index contributed by atoms with van der Waals surface area (Å²) in [5.41, 5.74) is 2.76. The molecule has 6 rings (SSSR count). The molecule has 8 heteroatoms. The first kappa shape index (κ1) is 23.2. The van der Waals surface area contributed by atoms with Crippen molar-refractivity contribution in [2.24, 2.45) is 0 Å². The van der Waals surface area contributed by atoms with Crippen molar-refractivity contribution in [1.82, 2.24) is 4.90 Å². The van der Waals surface area contributed by atoms with E-state index in [0.29, 0.717) is 29.3 Å². The van der Waals surface area contributed by atoms with E-state index in [1.807, 2.05) is 64.4 Å². The Hall–Kier alpha value is -4.20. The molecule has 1 N–H and O–H groups in total. The van der Waals surface area contributed by atoms with Gasteiger partial charge in [0.1, 0.15) is 22.7 Å². The minimum absolute atomic E-state index is 0.0170. The highest BCUT2D eigenvalue weighted by Gasteiger charge is 2.34. The second kappa shape index (κ2) is 9.69. The van der Waals surface area contributed by atoms with Crippen molar-refractivity contribution in [2.45, 2.75) is 25.4 Å². The zero-order chi connectivity index (χ0) is 25.4. The van der Waals surface area contributed by atoms with Gasteiger partial charge in [0, 0.05) is 29.9 Å². The molecular formula is C29H29N3O5. The lowest BCUT2D eigenvalue weighted by Gasteiger charge is -2.38. The van der Waals surface area contributed by atoms with Crippen molar-refractivity contribution in [2.75, 3.05) is 43.5 Å². The van der Waals surface area contributed by atoms with E-state index >= 15 is 0 Å². The summed E-state index contributed by atoms with van der Waals surface area (Å²) in [5.74, 6) is 0.914. The molecule has 2 aliphatic rings. The summed E-state index contributed by atoms with van der Waals surface area (Å²) in [6.45, 7) is 1.88. The van der Waals surface area contributed by atoms with Crippen LogP contribution < -0.4 is 19.7 Å². The fourth-order valence-electron chi connectivity index (χ4n) is 5.28. The van der Waals surface area contributed by atoms with Gasteiger partial charge in [0.05, 0.1) is 31.6 Å². The van der Waals surface area contributed by atoms with E-state index in [2.05, 4.69) is 5.32 Å². The van der Waals surface area contributed by atoms with Crippen LogP contribution in [0.1, 0.15) is 19.3 Å². The van der Waals surface area contributed by atoms with Crippen LogP contribution in [0.3, 0.4) is 0 Å². The molecule has 1 saturated heterocycles. The first-order valence-electron chi connectivity index (χ1n) is 12.7. The lowest BCUT2D eigenvalue weighted by atomic mass is 10.1. The molecule has 1 aromatic heterocycles. The summed E-state index contributed by atoms with van der Waals surface area (Å²) >= 11 is 0. The smallest absolute Gasteiger partial charge is 0.265 e. The van der Waals surface area contributed by atoms with E-state index in [1.165, 1.54) is 0 Å². The van der Waals surface area contributed by atoms with Gasteiger partial charge in [0.25, 0.3) is 5.91 Å². The Morgan fingerprint density at radius 2 is 1.76 bits per heavy atom. The van der Waals surface area contributed by atoms with Crippen molar-refractivity contribution in [3.05, 3.63) is 60.7 Å². The summed E-state index contributed by atoms with van der Waals surface area (Å²) in [5, 5.41) is 4.89. The fourth-order valence-corrected chi connectivity index (χ4v) is 5.28. The van der Waals surface area contributed by atoms with Gasteiger partial charge in [-0.05, 0) is 43.5 Å². The van der Waals surface area contributed by atoms with Gasteiger partial charge in [-0.2, -0.15) is 0 Å². The largest absolute Gasteiger partial charge is 0.495 e. The number of nitrogens with zero attached hydrogens (tertiary/aromatic N) is 2. The number of amides is 2. The molecule has 0 spiro atoms. The van der Waals surface area contributed by atoms with Gasteiger partial charge in [-0.3, -0.25) is 9.59 Å². The number of carbonyl (C=O) groups excluding carboxylic acids is 2. The fraction of sp³-hybridized carbons (Fsp3) is 0.310. The van der Waals surface area contributed by atoms with Crippen molar-refractivity contribution in [1.29, 1.82) is 0 Å². The Morgan fingerprint density at radius 1 is 0.973 bits per heavy atom. The Labute approximate surface area is 214 Å². The SMILES string of the molecule is COc1cc2c(cc1NC(=O)CN1CC(C(=O)N3CCCCC3)Oc3ccccc31)oc1ccccc12. The van der Waals surface area contributed by atoms with Gasteiger partial charge in [-0.1, -0.05) is 30.3 Å². The number of fused-ring (bicyclic) bond motifs is 4. The van der Waals surface area contributed by atoms with E-state index < -0.39 is 6.10 Å². The van der Waals surface area contributed by atoms with E-state index in [4.69, 9.17) is 13.9 Å². The van der Waals surface area contributed by atoms with Crippen molar-refractivity contribution in [3.63, 3.8) is 0 Å². The topological polar surface area (TPSA) is 84.2 Å². The first-order chi connectivity index (χ1) is 18.1. The zero-order valence-electron chi connectivity index (χ0n) is 20.7. The first-order valence-corrected chi connectivity index (χ1v) is 12.7. The number of carbonyl (C=O) groups is 2. The van der Waals surface area contributed by atoms with Crippen LogP contribution in [-0.4, -0.2) is 56.1 Å². The number of para-hydroxylation sites is 3. The van der Waals surface area contributed by atoms with E-state index in [1.54, 1.807) is 13.2 Å². The average Bonchev–Trinajstić information content (AvgIpc) is 3.29. The minimum Gasteiger partial charge on any atom is -0.495 e. The number of piperidine rings is 1. The molecule has 0 aliphatic carbocycles. The number of anilines is 2. The molecule has 3 aromatic carbocycles. The lowest BCUT2D eigenvalue weighted by molar-refractivity contribution is -0.139. The average molecular weight is 500 g/mol. The predicted molar refractivity (Wildman–Crippen MR) is 142 cm³/mol. The number of furan rings is 1. The van der Waals surface area contributed by atoms with E-state index in [9.17, 15) is 9.59 Å². The second-order valence-electron chi connectivity index (χ2n) is 9.54. The van der Waals surface area contributed by atoms with Crippen LogP contribution in [0.2, 0.25) is 0 Å². The third-order valence-electron chi connectivity index (χ3n) is 7.11. The number of nitrogens with one attached hydrogen (secondary N) is 1. The van der Waals surface area contributed by atoms with Crippen LogP contribution in [0.15, 0.2) is 65.1 Å². The van der Waals surface area contributed by atoms with Crippen LogP contribution in [0, 0.1) is 0 Å². The highest BCUT2D eigenvalue weighted by Crippen LogP contribution is 2.37. The lowest BCUT2D eigenvalue weighted by Crippen LogP contribution is -2.52. The van der Waals surface area contributed by atoms with E-state index in [0.717, 1.165) is 54.4 Å². The van der Waals surface area contributed by atoms with Crippen molar-refractivity contribution in [3.8, 4) is 11.5 Å². The van der Waals surface area contributed by atoms with Gasteiger partial charge >= 0.3 is 0 Å². The third-order valence-corrected chi connectivity index (χ3v) is 7.11. The molecule has 1 fully saturated rings. The quantitative estimate of drug-likeness (QED) is 0.424. The molecule has 37 heavy (non-hydrogen) atoms. The second-order valence-corrected chi connectivity index (χ2v) is 9.54. The molecule has 2 amide bonds. The summed E-state index contributed by atoms with van der Waals surface area (Å²) in [7, 11) is 1.58. The summed E-state index contributed by atoms with van der Waals surface area (Å²) in [6.07, 6.45) is 2.52. The number of hydrogen-bond donors (Lipinski definition) is 1. The maximum atomic E-state index is 13.3. The number of rotatable bonds is 5. The molecule has 3 heterocycles. The molecule has 1 unspecified atom stereocenters.